The predicted molar refractivity (Wildman–Crippen MR) is 95.6 cm³/mol. The number of nitrogens with zero attached hydrogens (tertiary/aromatic N) is 1. The second-order valence-electron chi connectivity index (χ2n) is 5.32. The molecule has 1 aromatic carbocycles. The van der Waals surface area contributed by atoms with Crippen LogP contribution in [-0.2, 0) is 11.2 Å². The summed E-state index contributed by atoms with van der Waals surface area (Å²) in [5.74, 6) is 2.97. The van der Waals surface area contributed by atoms with Crippen LogP contribution in [0.25, 0.3) is 0 Å². The predicted octanol–water partition coefficient (Wildman–Crippen LogP) is 4.42. The van der Waals surface area contributed by atoms with Crippen molar-refractivity contribution in [2.24, 2.45) is 0 Å². The minimum absolute atomic E-state index is 0.112. The van der Waals surface area contributed by atoms with Crippen molar-refractivity contribution in [1.82, 2.24) is 4.98 Å². The van der Waals surface area contributed by atoms with Crippen LogP contribution < -0.4 is 14.8 Å². The third kappa shape index (κ3) is 4.84. The largest absolute Gasteiger partial charge is 0.497 e. The number of ether oxygens (including phenoxy) is 2. The molecular weight excluding hydrogens is 340 g/mol. The van der Waals surface area contributed by atoms with Gasteiger partial charge < -0.3 is 19.2 Å². The number of aryl methyl sites for hydroxylation is 2. The minimum atomic E-state index is -0.112. The number of hydrogen-bond acceptors (Lipinski definition) is 6. The maximum Gasteiger partial charge on any atom is 0.226 e. The fraction of sp³-hybridized carbons (Fsp3) is 0.222. The number of carbonyl (C=O) groups excluding carboxylic acids is 1. The number of carbonyl (C=O) groups is 1. The molecule has 0 radical (unpaired) electrons. The Balaban J connectivity index is 1.51. The topological polar surface area (TPSA) is 73.6 Å². The molecule has 3 rings (SSSR count). The molecule has 0 atom stereocenters. The first-order valence-electron chi connectivity index (χ1n) is 7.75. The minimum Gasteiger partial charge on any atom is -0.497 e. The first-order chi connectivity index (χ1) is 12.1. The van der Waals surface area contributed by atoms with Crippen LogP contribution >= 0.6 is 11.3 Å². The lowest BCUT2D eigenvalue weighted by Crippen LogP contribution is -2.11. The quantitative estimate of drug-likeness (QED) is 0.677. The van der Waals surface area contributed by atoms with E-state index >= 15 is 0 Å². The van der Waals surface area contributed by atoms with Gasteiger partial charge in [-0.15, -0.1) is 0 Å². The van der Waals surface area contributed by atoms with Crippen molar-refractivity contribution < 1.29 is 18.7 Å². The molecule has 1 amide bonds. The molecule has 0 unspecified atom stereocenters. The van der Waals surface area contributed by atoms with Crippen molar-refractivity contribution in [1.29, 1.82) is 0 Å². The molecule has 0 aliphatic heterocycles. The molecule has 0 saturated carbocycles. The first-order valence-corrected chi connectivity index (χ1v) is 8.57. The zero-order chi connectivity index (χ0) is 17.6. The maximum atomic E-state index is 12.0. The number of benzene rings is 1. The van der Waals surface area contributed by atoms with Gasteiger partial charge >= 0.3 is 0 Å². The molecule has 0 saturated heterocycles. The zero-order valence-corrected chi connectivity index (χ0v) is 14.8. The Labute approximate surface area is 149 Å². The number of aromatic nitrogens is 1. The molecule has 0 spiro atoms. The van der Waals surface area contributed by atoms with E-state index in [9.17, 15) is 4.79 Å². The Kier molecular flexibility index (Phi) is 5.35. The van der Waals surface area contributed by atoms with Gasteiger partial charge in [-0.3, -0.25) is 4.79 Å². The third-order valence-electron chi connectivity index (χ3n) is 3.40. The van der Waals surface area contributed by atoms with E-state index in [1.807, 2.05) is 43.3 Å². The van der Waals surface area contributed by atoms with Crippen LogP contribution in [0.15, 0.2) is 47.0 Å². The molecule has 1 N–H and O–H groups in total. The van der Waals surface area contributed by atoms with Gasteiger partial charge in [0.25, 0.3) is 0 Å². The average Bonchev–Trinajstić information content (AvgIpc) is 3.22. The number of thiazole rings is 1. The van der Waals surface area contributed by atoms with Crippen molar-refractivity contribution in [3.63, 3.8) is 0 Å². The number of anilines is 1. The van der Waals surface area contributed by atoms with E-state index in [-0.39, 0.29) is 5.91 Å². The Bertz CT molecular complexity index is 839. The Morgan fingerprint density at radius 3 is 2.64 bits per heavy atom. The maximum absolute atomic E-state index is 12.0. The van der Waals surface area contributed by atoms with Gasteiger partial charge in [0.1, 0.15) is 23.0 Å². The summed E-state index contributed by atoms with van der Waals surface area (Å²) >= 11 is 1.27. The van der Waals surface area contributed by atoms with Crippen LogP contribution in [0.4, 0.5) is 5.13 Å². The van der Waals surface area contributed by atoms with Crippen molar-refractivity contribution in [2.75, 3.05) is 12.4 Å². The highest BCUT2D eigenvalue weighted by Crippen LogP contribution is 2.31. The molecule has 7 heteroatoms. The van der Waals surface area contributed by atoms with E-state index in [0.717, 1.165) is 17.3 Å². The highest BCUT2D eigenvalue weighted by Gasteiger charge is 2.09. The molecule has 0 bridgehead atoms. The van der Waals surface area contributed by atoms with E-state index < -0.39 is 0 Å². The molecule has 0 fully saturated rings. The number of hydrogen-bond donors (Lipinski definition) is 1. The summed E-state index contributed by atoms with van der Waals surface area (Å²) in [6.07, 6.45) is 2.47. The fourth-order valence-electron chi connectivity index (χ4n) is 2.16. The molecule has 0 aliphatic rings. The van der Waals surface area contributed by atoms with Crippen LogP contribution in [-0.4, -0.2) is 18.0 Å². The molecule has 3 aromatic rings. The van der Waals surface area contributed by atoms with Gasteiger partial charge in [-0.2, -0.15) is 0 Å². The highest BCUT2D eigenvalue weighted by molar-refractivity contribution is 7.17. The molecule has 130 valence electrons. The fourth-order valence-corrected chi connectivity index (χ4v) is 2.87. The average molecular weight is 358 g/mol. The second kappa shape index (κ2) is 7.85. The Morgan fingerprint density at radius 2 is 1.96 bits per heavy atom. The summed E-state index contributed by atoms with van der Waals surface area (Å²) in [5.41, 5.74) is 0. The number of methoxy groups -OCH3 is 1. The van der Waals surface area contributed by atoms with Gasteiger partial charge in [-0.25, -0.2) is 4.98 Å². The smallest absolute Gasteiger partial charge is 0.226 e. The lowest BCUT2D eigenvalue weighted by molar-refractivity contribution is -0.116. The summed E-state index contributed by atoms with van der Waals surface area (Å²) in [6, 6.07) is 11.0. The van der Waals surface area contributed by atoms with Crippen LogP contribution in [0.3, 0.4) is 0 Å². The summed E-state index contributed by atoms with van der Waals surface area (Å²) in [5, 5.41) is 3.87. The highest BCUT2D eigenvalue weighted by atomic mass is 32.1. The number of furan rings is 1. The number of amides is 1. The van der Waals surface area contributed by atoms with Crippen LogP contribution in [0, 0.1) is 6.92 Å². The van der Waals surface area contributed by atoms with E-state index in [1.54, 1.807) is 13.3 Å². The van der Waals surface area contributed by atoms with Gasteiger partial charge in [0.2, 0.25) is 11.0 Å². The third-order valence-corrected chi connectivity index (χ3v) is 4.19. The molecule has 25 heavy (non-hydrogen) atoms. The van der Waals surface area contributed by atoms with Crippen molar-refractivity contribution in [3.05, 3.63) is 54.1 Å². The van der Waals surface area contributed by atoms with Gasteiger partial charge in [0, 0.05) is 12.8 Å². The van der Waals surface area contributed by atoms with Gasteiger partial charge in [-0.05, 0) is 43.3 Å². The molecule has 0 aliphatic carbocycles. The Morgan fingerprint density at radius 1 is 1.20 bits per heavy atom. The van der Waals surface area contributed by atoms with Crippen molar-refractivity contribution in [2.45, 2.75) is 19.8 Å². The van der Waals surface area contributed by atoms with E-state index in [0.29, 0.717) is 28.8 Å². The monoisotopic (exact) mass is 358 g/mol. The zero-order valence-electron chi connectivity index (χ0n) is 13.9. The molecular formula is C18H18N2O4S. The van der Waals surface area contributed by atoms with E-state index in [2.05, 4.69) is 10.3 Å². The number of rotatable bonds is 7. The van der Waals surface area contributed by atoms with Crippen LogP contribution in [0.5, 0.6) is 16.6 Å². The van der Waals surface area contributed by atoms with Gasteiger partial charge in [-0.1, -0.05) is 11.3 Å². The van der Waals surface area contributed by atoms with Crippen LogP contribution in [0.2, 0.25) is 0 Å². The Hall–Kier alpha value is -2.80. The summed E-state index contributed by atoms with van der Waals surface area (Å²) in [4.78, 5) is 16.1. The molecule has 2 heterocycles. The summed E-state index contributed by atoms with van der Waals surface area (Å²) in [6.45, 7) is 1.88. The lowest BCUT2D eigenvalue weighted by atomic mass is 10.2. The standard InChI is InChI=1S/C18H18N2O4S/c1-12-3-4-14(23-12)9-10-16(21)20-18-19-11-17(25-18)24-15-7-5-13(22-2)6-8-15/h3-8,11H,9-10H2,1-2H3,(H,19,20,21). The van der Waals surface area contributed by atoms with Crippen LogP contribution in [0.1, 0.15) is 17.9 Å². The molecule has 2 aromatic heterocycles. The summed E-state index contributed by atoms with van der Waals surface area (Å²) < 4.78 is 16.3. The van der Waals surface area contributed by atoms with Crippen molar-refractivity contribution >= 4 is 22.4 Å². The normalized spacial score (nSPS) is 10.5. The summed E-state index contributed by atoms with van der Waals surface area (Å²) in [7, 11) is 1.61. The van der Waals surface area contributed by atoms with E-state index in [4.69, 9.17) is 13.9 Å². The molecule has 6 nitrogen and oxygen atoms in total. The lowest BCUT2D eigenvalue weighted by Gasteiger charge is -2.03. The number of nitrogens with one attached hydrogen (secondary N) is 1. The second-order valence-corrected chi connectivity index (χ2v) is 6.32. The SMILES string of the molecule is COc1ccc(Oc2cnc(NC(=O)CCc3ccc(C)o3)s2)cc1. The van der Waals surface area contributed by atoms with Gasteiger partial charge in [0.05, 0.1) is 13.3 Å². The first kappa shape index (κ1) is 17.0. The van der Waals surface area contributed by atoms with Crippen molar-refractivity contribution in [3.8, 4) is 16.6 Å². The van der Waals surface area contributed by atoms with E-state index in [1.165, 1.54) is 11.3 Å². The van der Waals surface area contributed by atoms with Gasteiger partial charge in [0.15, 0.2) is 5.13 Å².